The number of hydrogen-bond donors (Lipinski definition) is 0. The number of nitrogens with zero attached hydrogens (tertiary/aromatic N) is 1. The smallest absolute Gasteiger partial charge is 0.295 e. The van der Waals surface area contributed by atoms with Gasteiger partial charge in [0.25, 0.3) is 6.47 Å². The van der Waals surface area contributed by atoms with Gasteiger partial charge in [0.05, 0.1) is 7.11 Å². The van der Waals surface area contributed by atoms with Crippen molar-refractivity contribution in [2.75, 3.05) is 12.0 Å². The molecular weight excluding hydrogens is 234 g/mol. The predicted molar refractivity (Wildman–Crippen MR) is 65.1 cm³/mol. The molecule has 2 rings (SSSR count). The average Bonchev–Trinajstić information content (AvgIpc) is 2.40. The fraction of sp³-hybridized carbons (Fsp3) is 0.231. The predicted octanol–water partition coefficient (Wildman–Crippen LogP) is 1.34. The van der Waals surface area contributed by atoms with E-state index >= 15 is 0 Å². The molecule has 1 aromatic rings. The van der Waals surface area contributed by atoms with Crippen LogP contribution in [0.5, 0.6) is 5.75 Å². The molecule has 2 atom stereocenters. The largest absolute Gasteiger partial charge is 0.497 e. The molecule has 1 saturated heterocycles. The van der Waals surface area contributed by atoms with Gasteiger partial charge in [-0.05, 0) is 24.3 Å². The first-order chi connectivity index (χ1) is 8.72. The van der Waals surface area contributed by atoms with E-state index in [1.165, 1.54) is 11.0 Å². The Hall–Kier alpha value is -2.30. The van der Waals surface area contributed by atoms with Crippen molar-refractivity contribution in [3.8, 4) is 5.75 Å². The van der Waals surface area contributed by atoms with Crippen molar-refractivity contribution in [1.82, 2.24) is 0 Å². The third-order valence-corrected chi connectivity index (χ3v) is 2.88. The normalized spacial score (nSPS) is 22.1. The first-order valence-corrected chi connectivity index (χ1v) is 5.41. The van der Waals surface area contributed by atoms with Crippen molar-refractivity contribution in [2.45, 2.75) is 6.23 Å². The van der Waals surface area contributed by atoms with Crippen molar-refractivity contribution in [2.24, 2.45) is 5.92 Å². The summed E-state index contributed by atoms with van der Waals surface area (Å²) in [6.07, 6.45) is 0.872. The zero-order valence-corrected chi connectivity index (χ0v) is 9.91. The minimum Gasteiger partial charge on any atom is -0.497 e. The Kier molecular flexibility index (Phi) is 3.32. The minimum absolute atomic E-state index is 0.137. The monoisotopic (exact) mass is 247 g/mol. The molecule has 0 saturated carbocycles. The molecule has 0 aromatic heterocycles. The average molecular weight is 247 g/mol. The third kappa shape index (κ3) is 1.84. The Morgan fingerprint density at radius 1 is 1.33 bits per heavy atom. The number of anilines is 1. The van der Waals surface area contributed by atoms with Crippen LogP contribution in [-0.2, 0) is 14.3 Å². The van der Waals surface area contributed by atoms with Crippen LogP contribution in [0.25, 0.3) is 0 Å². The SMILES string of the molecule is C=C[C@@H]1C(=O)N(c2ccc(OC)cc2)[C@@H]1OC=O. The first-order valence-electron chi connectivity index (χ1n) is 5.41. The molecule has 1 aromatic carbocycles. The summed E-state index contributed by atoms with van der Waals surface area (Å²) in [7, 11) is 1.57. The second-order valence-corrected chi connectivity index (χ2v) is 3.79. The third-order valence-electron chi connectivity index (χ3n) is 2.88. The van der Waals surface area contributed by atoms with Crippen LogP contribution in [0.1, 0.15) is 0 Å². The van der Waals surface area contributed by atoms with Gasteiger partial charge in [-0.3, -0.25) is 14.5 Å². The lowest BCUT2D eigenvalue weighted by Gasteiger charge is -2.43. The number of amides is 1. The minimum atomic E-state index is -0.610. The van der Waals surface area contributed by atoms with Gasteiger partial charge in [-0.2, -0.15) is 0 Å². The molecule has 0 spiro atoms. The van der Waals surface area contributed by atoms with Crippen LogP contribution in [0.3, 0.4) is 0 Å². The Bertz CT molecular complexity index is 468. The van der Waals surface area contributed by atoms with E-state index in [0.717, 1.165) is 0 Å². The van der Waals surface area contributed by atoms with Crippen molar-refractivity contribution >= 4 is 18.1 Å². The summed E-state index contributed by atoms with van der Waals surface area (Å²) in [5, 5.41) is 0. The maximum absolute atomic E-state index is 11.9. The number of ether oxygens (including phenoxy) is 2. The van der Waals surface area contributed by atoms with Crippen LogP contribution in [0.2, 0.25) is 0 Å². The highest BCUT2D eigenvalue weighted by Gasteiger charge is 2.48. The number of hydrogen-bond acceptors (Lipinski definition) is 4. The molecule has 0 unspecified atom stereocenters. The second kappa shape index (κ2) is 4.91. The van der Waals surface area contributed by atoms with E-state index in [4.69, 9.17) is 9.47 Å². The van der Waals surface area contributed by atoms with E-state index in [0.29, 0.717) is 17.9 Å². The maximum Gasteiger partial charge on any atom is 0.295 e. The highest BCUT2D eigenvalue weighted by Crippen LogP contribution is 2.34. The van der Waals surface area contributed by atoms with Crippen LogP contribution < -0.4 is 9.64 Å². The summed E-state index contributed by atoms with van der Waals surface area (Å²) in [5.74, 6) is 0.0826. The zero-order valence-electron chi connectivity index (χ0n) is 9.91. The van der Waals surface area contributed by atoms with Gasteiger partial charge in [-0.25, -0.2) is 0 Å². The summed E-state index contributed by atoms with van der Waals surface area (Å²) >= 11 is 0. The van der Waals surface area contributed by atoms with Crippen LogP contribution in [0.15, 0.2) is 36.9 Å². The van der Waals surface area contributed by atoms with Crippen molar-refractivity contribution in [3.05, 3.63) is 36.9 Å². The summed E-state index contributed by atoms with van der Waals surface area (Å²) < 4.78 is 9.93. The molecule has 1 heterocycles. The van der Waals surface area contributed by atoms with Gasteiger partial charge >= 0.3 is 0 Å². The molecule has 18 heavy (non-hydrogen) atoms. The van der Waals surface area contributed by atoms with Gasteiger partial charge in [0.2, 0.25) is 5.91 Å². The maximum atomic E-state index is 11.9. The number of methoxy groups -OCH3 is 1. The molecule has 0 radical (unpaired) electrons. The van der Waals surface area contributed by atoms with Gasteiger partial charge in [0, 0.05) is 5.69 Å². The van der Waals surface area contributed by atoms with Crippen molar-refractivity contribution in [3.63, 3.8) is 0 Å². The molecule has 1 fully saturated rings. The molecule has 0 N–H and O–H groups in total. The van der Waals surface area contributed by atoms with Crippen LogP contribution >= 0.6 is 0 Å². The Balaban J connectivity index is 2.22. The standard InChI is InChI=1S/C13H13NO4/c1-3-11-12(16)14(13(11)18-8-15)9-4-6-10(17-2)7-5-9/h3-8,11,13H,1H2,2H3/t11-,13-/m1/s1. The molecule has 1 aliphatic rings. The molecule has 94 valence electrons. The summed E-state index contributed by atoms with van der Waals surface area (Å²) in [5.41, 5.74) is 0.658. The number of carbonyl (C=O) groups excluding carboxylic acids is 2. The van der Waals surface area contributed by atoms with Crippen molar-refractivity contribution in [1.29, 1.82) is 0 Å². The summed E-state index contributed by atoms with van der Waals surface area (Å²) in [6, 6.07) is 6.94. The molecular formula is C13H13NO4. The fourth-order valence-corrected chi connectivity index (χ4v) is 1.92. The zero-order chi connectivity index (χ0) is 13.1. The van der Waals surface area contributed by atoms with Gasteiger partial charge < -0.3 is 9.47 Å². The van der Waals surface area contributed by atoms with E-state index in [1.54, 1.807) is 31.4 Å². The Labute approximate surface area is 105 Å². The quantitative estimate of drug-likeness (QED) is 0.447. The lowest BCUT2D eigenvalue weighted by atomic mass is 9.95. The van der Waals surface area contributed by atoms with Crippen LogP contribution in [-0.4, -0.2) is 25.7 Å². The van der Waals surface area contributed by atoms with Crippen molar-refractivity contribution < 1.29 is 19.1 Å². The molecule has 0 bridgehead atoms. The summed E-state index contributed by atoms with van der Waals surface area (Å²) in [4.78, 5) is 23.7. The second-order valence-electron chi connectivity index (χ2n) is 3.79. The number of benzene rings is 1. The highest BCUT2D eigenvalue weighted by atomic mass is 16.5. The highest BCUT2D eigenvalue weighted by molar-refractivity contribution is 6.03. The number of carbonyl (C=O) groups is 2. The van der Waals surface area contributed by atoms with Gasteiger partial charge in [-0.1, -0.05) is 6.08 Å². The summed E-state index contributed by atoms with van der Waals surface area (Å²) in [6.45, 7) is 3.90. The van der Waals surface area contributed by atoms with Gasteiger partial charge in [0.15, 0.2) is 6.23 Å². The topological polar surface area (TPSA) is 55.8 Å². The van der Waals surface area contributed by atoms with Gasteiger partial charge in [-0.15, -0.1) is 6.58 Å². The van der Waals surface area contributed by atoms with Crippen LogP contribution in [0.4, 0.5) is 5.69 Å². The van der Waals surface area contributed by atoms with E-state index in [9.17, 15) is 9.59 Å². The van der Waals surface area contributed by atoms with E-state index < -0.39 is 12.1 Å². The molecule has 0 aliphatic carbocycles. The lowest BCUT2D eigenvalue weighted by Crippen LogP contribution is -2.61. The molecule has 1 aliphatic heterocycles. The molecule has 5 nitrogen and oxygen atoms in total. The van der Waals surface area contributed by atoms with Crippen LogP contribution in [0, 0.1) is 5.92 Å². The van der Waals surface area contributed by atoms with E-state index in [1.807, 2.05) is 0 Å². The van der Waals surface area contributed by atoms with E-state index in [-0.39, 0.29) is 5.91 Å². The lowest BCUT2D eigenvalue weighted by molar-refractivity contribution is -0.149. The molecule has 1 amide bonds. The molecule has 5 heteroatoms. The first kappa shape index (κ1) is 12.2. The van der Waals surface area contributed by atoms with E-state index in [2.05, 4.69) is 6.58 Å². The number of β-lactam (4-membered cyclic amide) rings is 1. The Morgan fingerprint density at radius 2 is 2.00 bits per heavy atom. The van der Waals surface area contributed by atoms with Gasteiger partial charge in [0.1, 0.15) is 11.7 Å². The number of rotatable bonds is 5. The fourth-order valence-electron chi connectivity index (χ4n) is 1.92. The Morgan fingerprint density at radius 3 is 2.50 bits per heavy atom.